The van der Waals surface area contributed by atoms with Gasteiger partial charge in [-0.25, -0.2) is 4.98 Å². The van der Waals surface area contributed by atoms with Crippen LogP contribution in [0, 0.1) is 13.8 Å². The van der Waals surface area contributed by atoms with Gasteiger partial charge in [0.05, 0.1) is 5.52 Å². The second-order valence-electron chi connectivity index (χ2n) is 7.81. The summed E-state index contributed by atoms with van der Waals surface area (Å²) in [5.74, 6) is 0.327. The monoisotopic (exact) mass is 443 g/mol. The van der Waals surface area contributed by atoms with E-state index in [1.165, 1.54) is 0 Å². The fraction of sp³-hybridized carbons (Fsp3) is 0.200. The Balaban J connectivity index is 1.52. The van der Waals surface area contributed by atoms with Gasteiger partial charge in [-0.15, -0.1) is 11.8 Å². The van der Waals surface area contributed by atoms with E-state index >= 15 is 0 Å². The zero-order valence-electron chi connectivity index (χ0n) is 18.3. The normalized spacial score (nSPS) is 11.0. The van der Waals surface area contributed by atoms with Crippen molar-refractivity contribution in [1.29, 1.82) is 0 Å². The number of nitrogens with one attached hydrogen (secondary N) is 1. The lowest BCUT2D eigenvalue weighted by atomic mass is 10.0. The second kappa shape index (κ2) is 9.36. The van der Waals surface area contributed by atoms with E-state index < -0.39 is 0 Å². The molecular formula is C25H25N5OS. The van der Waals surface area contributed by atoms with Gasteiger partial charge in [-0.05, 0) is 78.8 Å². The molecule has 1 amide bonds. The SMILES string of the molecule is CSc1cc(Cc2cc(C(=O)NCc3cnc(N)cc3C)ccn2)cc2cc(C)cnc12. The molecule has 0 fully saturated rings. The lowest BCUT2D eigenvalue weighted by Gasteiger charge is -2.10. The molecule has 0 aliphatic heterocycles. The zero-order valence-corrected chi connectivity index (χ0v) is 19.2. The predicted molar refractivity (Wildman–Crippen MR) is 130 cm³/mol. The molecule has 3 aromatic heterocycles. The van der Waals surface area contributed by atoms with Crippen LogP contribution < -0.4 is 11.1 Å². The topological polar surface area (TPSA) is 93.8 Å². The fourth-order valence-electron chi connectivity index (χ4n) is 3.64. The van der Waals surface area contributed by atoms with E-state index in [1.807, 2.05) is 26.1 Å². The number of nitrogen functional groups attached to an aromatic ring is 1. The van der Waals surface area contributed by atoms with Gasteiger partial charge in [0.25, 0.3) is 5.91 Å². The molecule has 0 aliphatic rings. The Kier molecular flexibility index (Phi) is 6.37. The number of nitrogens with two attached hydrogens (primary N) is 1. The molecule has 6 nitrogen and oxygen atoms in total. The number of aryl methyl sites for hydroxylation is 2. The number of benzene rings is 1. The van der Waals surface area contributed by atoms with E-state index in [-0.39, 0.29) is 5.91 Å². The summed E-state index contributed by atoms with van der Waals surface area (Å²) in [6.45, 7) is 4.39. The van der Waals surface area contributed by atoms with E-state index in [0.29, 0.717) is 24.3 Å². The van der Waals surface area contributed by atoms with Crippen molar-refractivity contribution in [3.05, 3.63) is 88.5 Å². The average molecular weight is 444 g/mol. The molecule has 32 heavy (non-hydrogen) atoms. The summed E-state index contributed by atoms with van der Waals surface area (Å²) in [6, 6.07) is 11.8. The van der Waals surface area contributed by atoms with Gasteiger partial charge in [-0.1, -0.05) is 0 Å². The number of hydrogen-bond donors (Lipinski definition) is 2. The summed E-state index contributed by atoms with van der Waals surface area (Å²) in [4.78, 5) is 27.0. The van der Waals surface area contributed by atoms with Crippen LogP contribution in [0.25, 0.3) is 10.9 Å². The maximum atomic E-state index is 12.7. The molecule has 0 atom stereocenters. The summed E-state index contributed by atoms with van der Waals surface area (Å²) in [5.41, 5.74) is 12.3. The number of hydrogen-bond acceptors (Lipinski definition) is 6. The average Bonchev–Trinajstić information content (AvgIpc) is 2.77. The van der Waals surface area contributed by atoms with E-state index in [4.69, 9.17) is 5.73 Å². The molecule has 0 radical (unpaired) electrons. The van der Waals surface area contributed by atoms with Gasteiger partial charge >= 0.3 is 0 Å². The van der Waals surface area contributed by atoms with E-state index in [1.54, 1.807) is 36.3 Å². The lowest BCUT2D eigenvalue weighted by molar-refractivity contribution is 0.0950. The van der Waals surface area contributed by atoms with Crippen molar-refractivity contribution in [3.63, 3.8) is 0 Å². The van der Waals surface area contributed by atoms with Crippen molar-refractivity contribution < 1.29 is 4.79 Å². The zero-order chi connectivity index (χ0) is 22.7. The van der Waals surface area contributed by atoms with Crippen molar-refractivity contribution in [3.8, 4) is 0 Å². The van der Waals surface area contributed by atoms with Crippen molar-refractivity contribution in [1.82, 2.24) is 20.3 Å². The van der Waals surface area contributed by atoms with Crippen LogP contribution in [0.5, 0.6) is 0 Å². The van der Waals surface area contributed by atoms with Crippen LogP contribution >= 0.6 is 11.8 Å². The standard InChI is InChI=1S/C25H25N5OS/c1-15-6-19-8-17(10-22(32-3)24(19)29-12-15)9-21-11-18(4-5-27-21)25(31)30-14-20-13-28-23(26)7-16(20)2/h4-8,10-13H,9,14H2,1-3H3,(H2,26,28)(H,30,31). The number of anilines is 1. The highest BCUT2D eigenvalue weighted by Crippen LogP contribution is 2.28. The Hall–Kier alpha value is -3.45. The Morgan fingerprint density at radius 3 is 2.69 bits per heavy atom. The van der Waals surface area contributed by atoms with E-state index in [0.717, 1.165) is 43.7 Å². The fourth-order valence-corrected chi connectivity index (χ4v) is 4.27. The molecule has 0 spiro atoms. The number of aromatic nitrogens is 3. The van der Waals surface area contributed by atoms with E-state index in [9.17, 15) is 4.79 Å². The van der Waals surface area contributed by atoms with Crippen molar-refractivity contribution in [2.75, 3.05) is 12.0 Å². The van der Waals surface area contributed by atoms with Crippen LogP contribution in [0.15, 0.2) is 59.9 Å². The van der Waals surface area contributed by atoms with Crippen molar-refractivity contribution in [2.45, 2.75) is 31.7 Å². The largest absolute Gasteiger partial charge is 0.384 e. The van der Waals surface area contributed by atoms with Crippen molar-refractivity contribution in [2.24, 2.45) is 0 Å². The molecule has 0 aliphatic carbocycles. The minimum Gasteiger partial charge on any atom is -0.384 e. The number of amides is 1. The first kappa shape index (κ1) is 21.8. The van der Waals surface area contributed by atoms with Gasteiger partial charge in [0.1, 0.15) is 5.82 Å². The minimum atomic E-state index is -0.145. The van der Waals surface area contributed by atoms with Crippen LogP contribution in [0.4, 0.5) is 5.82 Å². The first-order valence-electron chi connectivity index (χ1n) is 10.3. The van der Waals surface area contributed by atoms with Gasteiger partial charge in [0, 0.05) is 53.1 Å². The van der Waals surface area contributed by atoms with Crippen LogP contribution in [-0.4, -0.2) is 27.1 Å². The third kappa shape index (κ3) is 4.89. The Morgan fingerprint density at radius 1 is 1.06 bits per heavy atom. The second-order valence-corrected chi connectivity index (χ2v) is 8.66. The number of carbonyl (C=O) groups is 1. The highest BCUT2D eigenvalue weighted by atomic mass is 32.2. The molecule has 162 valence electrons. The summed E-state index contributed by atoms with van der Waals surface area (Å²) in [6.07, 6.45) is 7.97. The number of fused-ring (bicyclic) bond motifs is 1. The number of nitrogens with zero attached hydrogens (tertiary/aromatic N) is 3. The third-order valence-corrected chi connectivity index (χ3v) is 6.06. The first-order chi connectivity index (χ1) is 15.4. The number of pyridine rings is 3. The molecule has 4 rings (SSSR count). The Morgan fingerprint density at radius 2 is 1.91 bits per heavy atom. The summed E-state index contributed by atoms with van der Waals surface area (Å²) in [5, 5.41) is 4.07. The molecule has 0 saturated carbocycles. The van der Waals surface area contributed by atoms with Crippen LogP contribution in [-0.2, 0) is 13.0 Å². The van der Waals surface area contributed by atoms with Gasteiger partial charge in [0.15, 0.2) is 0 Å². The van der Waals surface area contributed by atoms with Gasteiger partial charge in [-0.3, -0.25) is 14.8 Å². The molecular weight excluding hydrogens is 418 g/mol. The maximum absolute atomic E-state index is 12.7. The minimum absolute atomic E-state index is 0.145. The maximum Gasteiger partial charge on any atom is 0.251 e. The number of rotatable bonds is 6. The first-order valence-corrected chi connectivity index (χ1v) is 11.5. The third-order valence-electron chi connectivity index (χ3n) is 5.31. The summed E-state index contributed by atoms with van der Waals surface area (Å²) < 4.78 is 0. The van der Waals surface area contributed by atoms with Gasteiger partial charge < -0.3 is 11.1 Å². The summed E-state index contributed by atoms with van der Waals surface area (Å²) >= 11 is 1.68. The molecule has 3 N–H and O–H groups in total. The van der Waals surface area contributed by atoms with Gasteiger partial charge in [0.2, 0.25) is 0 Å². The van der Waals surface area contributed by atoms with Crippen LogP contribution in [0.2, 0.25) is 0 Å². The molecule has 0 bridgehead atoms. The highest BCUT2D eigenvalue weighted by Gasteiger charge is 2.11. The van der Waals surface area contributed by atoms with Crippen LogP contribution in [0.1, 0.15) is 38.3 Å². The molecule has 7 heteroatoms. The smallest absolute Gasteiger partial charge is 0.251 e. The Bertz CT molecular complexity index is 1310. The predicted octanol–water partition coefficient (Wildman–Crippen LogP) is 4.47. The molecule has 4 aromatic rings. The lowest BCUT2D eigenvalue weighted by Crippen LogP contribution is -2.23. The van der Waals surface area contributed by atoms with Gasteiger partial charge in [-0.2, -0.15) is 0 Å². The van der Waals surface area contributed by atoms with E-state index in [2.05, 4.69) is 44.7 Å². The number of thioether (sulfide) groups is 1. The highest BCUT2D eigenvalue weighted by molar-refractivity contribution is 7.98. The molecule has 3 heterocycles. The van der Waals surface area contributed by atoms with Crippen molar-refractivity contribution >= 4 is 34.4 Å². The molecule has 1 aromatic carbocycles. The van der Waals surface area contributed by atoms with Crippen LogP contribution in [0.3, 0.4) is 0 Å². The number of carbonyl (C=O) groups excluding carboxylic acids is 1. The molecule has 0 unspecified atom stereocenters. The quantitative estimate of drug-likeness (QED) is 0.427. The summed E-state index contributed by atoms with van der Waals surface area (Å²) in [7, 11) is 0. The Labute approximate surface area is 191 Å². The molecule has 0 saturated heterocycles.